The Kier molecular flexibility index (Phi) is 139. The minimum Gasteiger partial charge on any atom is -0.102 e. The average molecular weight is 3970 g/mol. The molecule has 0 spiro atoms. The summed E-state index contributed by atoms with van der Waals surface area (Å²) in [6.45, 7) is -36.0. The average Bonchev–Trinajstić information content (AvgIpc) is 0.699. The topological polar surface area (TPSA) is 0 Å². The Bertz CT molecular complexity index is 2200. The Morgan fingerprint density at radius 1 is 0.0726 bits per heavy atom. The van der Waals surface area contributed by atoms with Crippen molar-refractivity contribution in [2.24, 2.45) is 0 Å². The summed E-state index contributed by atoms with van der Waals surface area (Å²) in [4.78, 5) is 0. The van der Waals surface area contributed by atoms with Gasteiger partial charge in [-0.3, -0.25) is 0 Å². The van der Waals surface area contributed by atoms with Crippen LogP contribution < -0.4 is 0 Å². The molecule has 0 saturated heterocycles. The van der Waals surface area contributed by atoms with E-state index in [1.54, 1.807) is 0 Å². The molecule has 0 nitrogen and oxygen atoms in total. The third kappa shape index (κ3) is 61.9. The highest BCUT2D eigenvalue weighted by Gasteiger charge is 2.70. The van der Waals surface area contributed by atoms with Crippen LogP contribution in [0.4, 0.5) is 0 Å². The van der Waals surface area contributed by atoms with Crippen molar-refractivity contribution in [3.05, 3.63) is 0 Å². The molecule has 0 bridgehead atoms. The zero-order valence-electron chi connectivity index (χ0n) is 63.5. The fraction of sp³-hybridized carbons (Fsp3) is 0. The molecule has 0 heterocycles. The van der Waals surface area contributed by atoms with Crippen molar-refractivity contribution in [2.75, 3.05) is 0 Å². The Hall–Kier alpha value is 53.3. The van der Waals surface area contributed by atoms with Gasteiger partial charge in [0.2, 0.25) is 0 Å². The summed E-state index contributed by atoms with van der Waals surface area (Å²) in [6, 6.07) is 0. The first kappa shape index (κ1) is 177. The molecule has 0 aliphatic rings. The van der Waals surface area contributed by atoms with Gasteiger partial charge in [-0.15, -0.1) is 545 Å². The van der Waals surface area contributed by atoms with Crippen LogP contribution in [0.1, 0.15) is 0 Å². The summed E-state index contributed by atoms with van der Waals surface area (Å²) in [5.41, 5.74) is 0. The Morgan fingerprint density at radius 3 is 0.177 bits per heavy atom. The number of hydrogen-bond acceptors (Lipinski definition) is 0. The first-order valence-electron chi connectivity index (χ1n) is 28.2. The first-order valence-corrected chi connectivity index (χ1v) is 254. The number of rotatable bonds is 60. The highest BCUT2D eigenvalue weighted by molar-refractivity contribution is 9.63. The molecular formula is H124P124. The SMILES string of the molecule is [PH]P([PH])P(P)P(P(P(P)P)P(P)P)P(P(P(P(P)P)P(P)P)P(P(P)P)P(P)P)P(P(P(P(P(P)P)P(P)P)P(P(P)P)P(P)P)P(P(P(P)P)P(P)P)P(P(P)P)P(P)P)P(P(P(P(P(P)P)P(P)P)P(P(P)P)P(P)P)P(P(P(P)P)P(P)P)P(P(P)P)P(P)P)P(P(P(P(P)P)P(P)P)P(P(P)P)P(P)P)P(P(P(P)P)P(P)P)P(P(P)P)P(P)P. The highest BCUT2D eigenvalue weighted by Crippen LogP contribution is 3.57. The molecule has 0 rings (SSSR count). The second kappa shape index (κ2) is 97.0. The van der Waals surface area contributed by atoms with Crippen LogP contribution in [-0.2, 0) is 0 Å². The lowest BCUT2D eigenvalue weighted by molar-refractivity contribution is 4.27. The summed E-state index contributed by atoms with van der Waals surface area (Å²) in [5.74, 6) is 0. The van der Waals surface area contributed by atoms with Crippen molar-refractivity contribution in [3.8, 4) is 0 Å². The minimum absolute atomic E-state index is 0.544. The molecule has 0 aromatic carbocycles. The van der Waals surface area contributed by atoms with E-state index in [0.29, 0.717) is 0 Å². The maximum atomic E-state index is 5.11. The van der Waals surface area contributed by atoms with E-state index in [9.17, 15) is 0 Å². The summed E-state index contributed by atoms with van der Waals surface area (Å²) in [5, 5.41) is 0. The molecule has 0 amide bonds. The molecule has 0 N–H and O–H groups in total. The van der Waals surface area contributed by atoms with Gasteiger partial charge in [-0.25, -0.2) is 0 Å². The minimum atomic E-state index is -0.873. The largest absolute Gasteiger partial charge is 0.102 e. The van der Waals surface area contributed by atoms with Gasteiger partial charge in [0.15, 0.2) is 0 Å². The molecule has 0 aromatic rings. The van der Waals surface area contributed by atoms with Crippen LogP contribution in [-0.4, -0.2) is 0 Å². The third-order valence-electron chi connectivity index (χ3n) is 11.1. The van der Waals surface area contributed by atoms with Crippen LogP contribution in [0.2, 0.25) is 0 Å². The summed E-state index contributed by atoms with van der Waals surface area (Å²) < 4.78 is 0. The van der Waals surface area contributed by atoms with Crippen molar-refractivity contribution in [1.29, 1.82) is 0 Å². The van der Waals surface area contributed by atoms with Gasteiger partial charge < -0.3 is 0 Å². The van der Waals surface area contributed by atoms with E-state index in [2.05, 4.69) is 545 Å². The number of hydrogen-bond donors (Lipinski definition) is 0. The van der Waals surface area contributed by atoms with E-state index in [1.807, 2.05) is 0 Å². The van der Waals surface area contributed by atoms with Gasteiger partial charge in [-0.2, -0.15) is 0 Å². The molecular weight excluding hydrogens is 3840 g/mol. The van der Waals surface area contributed by atoms with Crippen molar-refractivity contribution < 1.29 is 0 Å². The van der Waals surface area contributed by atoms with Gasteiger partial charge >= 0.3 is 0 Å². The summed E-state index contributed by atoms with van der Waals surface area (Å²) in [6.07, 6.45) is 0. The predicted octanol–water partition coefficient (Wildman–Crippen LogP) is 73.6. The maximum Gasteiger partial charge on any atom is -0.000000166 e. The van der Waals surface area contributed by atoms with Crippen LogP contribution >= 0.6 is 989 Å². The van der Waals surface area contributed by atoms with Crippen LogP contribution in [0.25, 0.3) is 0 Å². The predicted molar refractivity (Wildman–Crippen MR) is 1030 cm³/mol. The van der Waals surface area contributed by atoms with E-state index >= 15 is 0 Å². The Morgan fingerprint density at radius 2 is 0.121 bits per heavy atom. The third-order valence-corrected chi connectivity index (χ3v) is 896. The molecule has 124 heteroatoms. The summed E-state index contributed by atoms with van der Waals surface area (Å²) in [7, 11) is 249. The van der Waals surface area contributed by atoms with Crippen LogP contribution in [0.5, 0.6) is 0 Å². The molecule has 124 heavy (non-hydrogen) atoms. The lowest BCUT2D eigenvalue weighted by Gasteiger charge is -2.65. The molecule has 0 saturated carbocycles. The molecule has 0 aliphatic carbocycles. The van der Waals surface area contributed by atoms with Crippen LogP contribution in [0.15, 0.2) is 0 Å². The molecule has 0 fully saturated rings. The molecule has 0 aliphatic heterocycles. The van der Waals surface area contributed by atoms with Gasteiger partial charge in [-0.1, -0.05) is 17.9 Å². The monoisotopic (exact) mass is 3970 g/mol. The second-order valence-electron chi connectivity index (χ2n) is 19.8. The standard InChI is InChI=1S/H124P124/c1-64(2)95(63)111(96(65(3)4)66(5)6)119(112(97(67(7)8)68(9)10)98(69(11)12)70(13)14)123(120(113(99(71(15)16)72(17)18)100(73(19)20)74(21)22)114(101(75(23)24)76(25)26)102(77(27)28)78(29)30)124(121(115(103(79(31)32)80(33)34)104(81(35)36)82(37)38)116(105(83(39)40)84(41)42)106(85(43)44)86(45)46)122(117(107(87(47)48)88(49)50)108(89(51)52)90(53)54)118(109(91(55)56)92(57)58)110(93(59)60)94(61)62/h1-2H,3-63H2. The van der Waals surface area contributed by atoms with Crippen molar-refractivity contribution >= 4 is 989 Å². The zero-order valence-corrected chi connectivity index (χ0v) is 190. The zero-order chi connectivity index (χ0) is 98.2. The Labute approximate surface area is 972 Å². The lowest BCUT2D eigenvalue weighted by atomic mass is 28.3. The molecule has 65 atom stereocenters. The van der Waals surface area contributed by atoms with Crippen LogP contribution in [0, 0.1) is 0 Å². The lowest BCUT2D eigenvalue weighted by Crippen LogP contribution is -1.78. The van der Waals surface area contributed by atoms with Crippen LogP contribution in [0.3, 0.4) is 0 Å². The fourth-order valence-electron chi connectivity index (χ4n) is 7.67. The van der Waals surface area contributed by atoms with Gasteiger partial charge in [0, 0.05) is 0 Å². The summed E-state index contributed by atoms with van der Waals surface area (Å²) >= 11 is 0. The molecule has 744 valence electrons. The van der Waals surface area contributed by atoms with E-state index < -0.39 is 426 Å². The van der Waals surface area contributed by atoms with Gasteiger partial charge in [0.1, 0.15) is 0 Å². The second-order valence-corrected chi connectivity index (χ2v) is 535. The molecule has 0 aromatic heterocycles. The van der Waals surface area contributed by atoms with Crippen molar-refractivity contribution in [3.63, 3.8) is 0 Å². The molecule has 2 radical (unpaired) electrons. The van der Waals surface area contributed by atoms with E-state index in [-0.39, 0.29) is 0 Å². The maximum absolute atomic E-state index is 5.11. The van der Waals surface area contributed by atoms with E-state index in [1.165, 1.54) is 0 Å². The van der Waals surface area contributed by atoms with E-state index in [0.717, 1.165) is 0 Å². The first-order chi connectivity index (χ1) is 56.4. The van der Waals surface area contributed by atoms with Gasteiger partial charge in [-0.05, 0) is 426 Å². The van der Waals surface area contributed by atoms with E-state index in [4.69, 9.17) is 17.9 Å². The quantitative estimate of drug-likeness (QED) is 0.0533. The van der Waals surface area contributed by atoms with Crippen molar-refractivity contribution in [1.82, 2.24) is 0 Å². The van der Waals surface area contributed by atoms with Crippen molar-refractivity contribution in [2.45, 2.75) is 0 Å². The fourth-order valence-corrected chi connectivity index (χ4v) is 1860. The highest BCUT2D eigenvalue weighted by atomic mass is 33.7. The molecule has 65 unspecified atom stereocenters. The Balaban J connectivity index is 17.0. The van der Waals surface area contributed by atoms with Gasteiger partial charge in [0.05, 0.1) is 0 Å². The van der Waals surface area contributed by atoms with Gasteiger partial charge in [0.25, 0.3) is 0 Å². The normalized spacial score (nSPS) is 15.7. The smallest absolute Gasteiger partial charge is 0.000000166 e.